The van der Waals surface area contributed by atoms with Gasteiger partial charge in [-0.2, -0.15) is 5.26 Å². The number of nitrogens with one attached hydrogen (secondary N) is 1. The van der Waals surface area contributed by atoms with Crippen LogP contribution in [0.4, 0.5) is 10.7 Å². The number of hydrogen-bond donors (Lipinski definition) is 1. The van der Waals surface area contributed by atoms with Crippen LogP contribution in [-0.4, -0.2) is 24.0 Å². The van der Waals surface area contributed by atoms with Gasteiger partial charge in [-0.25, -0.2) is 4.79 Å². The van der Waals surface area contributed by atoms with E-state index in [1.807, 2.05) is 19.9 Å². The number of furan rings is 1. The third kappa shape index (κ3) is 2.59. The Hall–Kier alpha value is -1.96. The molecule has 5 nitrogen and oxygen atoms in total. The van der Waals surface area contributed by atoms with E-state index in [1.54, 1.807) is 18.7 Å². The molecule has 0 saturated heterocycles. The molecular weight excluding hydrogens is 218 g/mol. The minimum Gasteiger partial charge on any atom is -0.444 e. The fourth-order valence-corrected chi connectivity index (χ4v) is 1.54. The van der Waals surface area contributed by atoms with Gasteiger partial charge < -0.3 is 9.32 Å². The summed E-state index contributed by atoms with van der Waals surface area (Å²) >= 11 is 0. The Bertz CT molecular complexity index is 453. The van der Waals surface area contributed by atoms with Crippen molar-refractivity contribution in [3.63, 3.8) is 0 Å². The number of carbonyl (C=O) groups is 1. The Morgan fingerprint density at radius 1 is 1.41 bits per heavy atom. The minimum atomic E-state index is -0.250. The van der Waals surface area contributed by atoms with E-state index in [0.717, 1.165) is 5.56 Å². The predicted molar refractivity (Wildman–Crippen MR) is 64.8 cm³/mol. The summed E-state index contributed by atoms with van der Waals surface area (Å²) in [7, 11) is 0. The molecule has 17 heavy (non-hydrogen) atoms. The first-order valence-corrected chi connectivity index (χ1v) is 5.61. The van der Waals surface area contributed by atoms with Crippen LogP contribution in [0.2, 0.25) is 0 Å². The van der Waals surface area contributed by atoms with Gasteiger partial charge in [-0.05, 0) is 27.7 Å². The highest BCUT2D eigenvalue weighted by atomic mass is 16.4. The summed E-state index contributed by atoms with van der Waals surface area (Å²) in [6.45, 7) is 8.58. The van der Waals surface area contributed by atoms with E-state index in [-0.39, 0.29) is 11.9 Å². The zero-order chi connectivity index (χ0) is 13.0. The number of urea groups is 1. The summed E-state index contributed by atoms with van der Waals surface area (Å²) in [6, 6.07) is 1.79. The summed E-state index contributed by atoms with van der Waals surface area (Å²) < 4.78 is 5.37. The van der Waals surface area contributed by atoms with Crippen molar-refractivity contribution in [2.45, 2.75) is 27.7 Å². The lowest BCUT2D eigenvalue weighted by Crippen LogP contribution is -2.34. The largest absolute Gasteiger partial charge is 0.444 e. The highest BCUT2D eigenvalue weighted by Gasteiger charge is 2.18. The molecule has 0 aromatic carbocycles. The second-order valence-electron chi connectivity index (χ2n) is 3.70. The van der Waals surface area contributed by atoms with Gasteiger partial charge in [0.25, 0.3) is 0 Å². The molecule has 0 saturated carbocycles. The zero-order valence-electron chi connectivity index (χ0n) is 10.6. The fraction of sp³-hybridized carbons (Fsp3) is 0.500. The van der Waals surface area contributed by atoms with Gasteiger partial charge >= 0.3 is 6.03 Å². The monoisotopic (exact) mass is 235 g/mol. The smallest absolute Gasteiger partial charge is 0.324 e. The van der Waals surface area contributed by atoms with Gasteiger partial charge in [0.15, 0.2) is 0 Å². The van der Waals surface area contributed by atoms with E-state index in [4.69, 9.17) is 9.68 Å². The molecule has 0 fully saturated rings. The lowest BCUT2D eigenvalue weighted by molar-refractivity contribution is 0.216. The molecule has 0 unspecified atom stereocenters. The van der Waals surface area contributed by atoms with Crippen molar-refractivity contribution in [1.82, 2.24) is 4.90 Å². The van der Waals surface area contributed by atoms with E-state index in [1.165, 1.54) is 0 Å². The van der Waals surface area contributed by atoms with E-state index >= 15 is 0 Å². The van der Waals surface area contributed by atoms with Gasteiger partial charge in [0.1, 0.15) is 17.4 Å². The highest BCUT2D eigenvalue weighted by molar-refractivity contribution is 5.89. The van der Waals surface area contributed by atoms with Crippen molar-refractivity contribution >= 4 is 11.9 Å². The number of rotatable bonds is 3. The zero-order valence-corrected chi connectivity index (χ0v) is 10.6. The summed E-state index contributed by atoms with van der Waals surface area (Å²) in [5.74, 6) is 0.885. The molecule has 1 aromatic rings. The Labute approximate surface area is 101 Å². The summed E-state index contributed by atoms with van der Waals surface area (Å²) in [5.41, 5.74) is 1.16. The highest BCUT2D eigenvalue weighted by Crippen LogP contribution is 2.25. The molecule has 0 spiro atoms. The minimum absolute atomic E-state index is 0.236. The van der Waals surface area contributed by atoms with Gasteiger partial charge in [-0.3, -0.25) is 5.32 Å². The molecule has 0 aliphatic rings. The van der Waals surface area contributed by atoms with E-state index in [9.17, 15) is 4.79 Å². The van der Waals surface area contributed by atoms with E-state index in [0.29, 0.717) is 24.4 Å². The van der Waals surface area contributed by atoms with Gasteiger partial charge in [0, 0.05) is 18.7 Å². The number of nitrogens with zero attached hydrogens (tertiary/aromatic N) is 2. The molecule has 92 valence electrons. The molecule has 1 N–H and O–H groups in total. The number of aryl methyl sites for hydroxylation is 1. The molecule has 1 aromatic heterocycles. The van der Waals surface area contributed by atoms with Crippen LogP contribution in [0.1, 0.15) is 30.7 Å². The first kappa shape index (κ1) is 13.1. The Morgan fingerprint density at radius 3 is 2.47 bits per heavy atom. The van der Waals surface area contributed by atoms with Crippen molar-refractivity contribution in [2.24, 2.45) is 0 Å². The maximum Gasteiger partial charge on any atom is 0.324 e. The molecular formula is C12H17N3O2. The maximum absolute atomic E-state index is 11.8. The number of amides is 2. The quantitative estimate of drug-likeness (QED) is 0.875. The lowest BCUT2D eigenvalue weighted by Gasteiger charge is -2.18. The van der Waals surface area contributed by atoms with Crippen LogP contribution in [-0.2, 0) is 0 Å². The lowest BCUT2D eigenvalue weighted by atomic mass is 10.2. The van der Waals surface area contributed by atoms with Gasteiger partial charge in [-0.1, -0.05) is 0 Å². The van der Waals surface area contributed by atoms with Gasteiger partial charge in [0.2, 0.25) is 5.88 Å². The van der Waals surface area contributed by atoms with Gasteiger partial charge in [-0.15, -0.1) is 0 Å². The maximum atomic E-state index is 11.8. The molecule has 5 heteroatoms. The molecule has 0 aliphatic carbocycles. The van der Waals surface area contributed by atoms with Crippen LogP contribution >= 0.6 is 0 Å². The second kappa shape index (κ2) is 5.39. The summed E-state index contributed by atoms with van der Waals surface area (Å²) in [4.78, 5) is 13.4. The van der Waals surface area contributed by atoms with Crippen LogP contribution in [0.3, 0.4) is 0 Å². The summed E-state index contributed by atoms with van der Waals surface area (Å²) in [5, 5.41) is 11.6. The second-order valence-corrected chi connectivity index (χ2v) is 3.70. The molecule has 0 aliphatic heterocycles. The average molecular weight is 235 g/mol. The van der Waals surface area contributed by atoms with Crippen LogP contribution < -0.4 is 5.32 Å². The normalized spacial score (nSPS) is 9.82. The number of hydrogen-bond acceptors (Lipinski definition) is 3. The van der Waals surface area contributed by atoms with Crippen LogP contribution in [0.5, 0.6) is 0 Å². The van der Waals surface area contributed by atoms with Crippen LogP contribution in [0, 0.1) is 25.2 Å². The van der Waals surface area contributed by atoms with Crippen molar-refractivity contribution < 1.29 is 9.21 Å². The molecule has 0 radical (unpaired) electrons. The fourth-order valence-electron chi connectivity index (χ4n) is 1.54. The Morgan fingerprint density at radius 2 is 2.00 bits per heavy atom. The Kier molecular flexibility index (Phi) is 4.16. The standard InChI is InChI=1S/C12H17N3O2/c1-5-15(6-2)12(16)14-11-10(7-13)8(3)9(4)17-11/h5-6H2,1-4H3,(H,14,16). The molecule has 0 atom stereocenters. The number of anilines is 1. The topological polar surface area (TPSA) is 69.3 Å². The van der Waals surface area contributed by atoms with E-state index in [2.05, 4.69) is 5.32 Å². The molecule has 1 heterocycles. The van der Waals surface area contributed by atoms with Crippen molar-refractivity contribution in [2.75, 3.05) is 18.4 Å². The molecule has 2 amide bonds. The average Bonchev–Trinajstić information content (AvgIpc) is 2.56. The SMILES string of the molecule is CCN(CC)C(=O)Nc1oc(C)c(C)c1C#N. The third-order valence-corrected chi connectivity index (χ3v) is 2.77. The van der Waals surface area contributed by atoms with Crippen molar-refractivity contribution in [3.8, 4) is 6.07 Å². The van der Waals surface area contributed by atoms with Gasteiger partial charge in [0.05, 0.1) is 0 Å². The molecule has 0 bridgehead atoms. The van der Waals surface area contributed by atoms with Crippen LogP contribution in [0.15, 0.2) is 4.42 Å². The number of carbonyl (C=O) groups excluding carboxylic acids is 1. The molecule has 1 rings (SSSR count). The van der Waals surface area contributed by atoms with Crippen molar-refractivity contribution in [1.29, 1.82) is 5.26 Å². The first-order valence-electron chi connectivity index (χ1n) is 5.61. The van der Waals surface area contributed by atoms with Crippen LogP contribution in [0.25, 0.3) is 0 Å². The Balaban J connectivity index is 2.93. The third-order valence-electron chi connectivity index (χ3n) is 2.77. The van der Waals surface area contributed by atoms with Crippen molar-refractivity contribution in [3.05, 3.63) is 16.9 Å². The van der Waals surface area contributed by atoms with E-state index < -0.39 is 0 Å². The predicted octanol–water partition coefficient (Wildman–Crippen LogP) is 2.64. The summed E-state index contributed by atoms with van der Waals surface area (Å²) in [6.07, 6.45) is 0. The first-order chi connectivity index (χ1) is 8.04. The number of nitriles is 1.